The van der Waals surface area contributed by atoms with E-state index in [1.54, 1.807) is 0 Å². The monoisotopic (exact) mass is 507 g/mol. The van der Waals surface area contributed by atoms with Gasteiger partial charge in [0, 0.05) is 6.42 Å². The van der Waals surface area contributed by atoms with E-state index in [0.717, 1.165) is 0 Å². The van der Waals surface area contributed by atoms with Gasteiger partial charge in [0.25, 0.3) is 0 Å². The summed E-state index contributed by atoms with van der Waals surface area (Å²) in [5.41, 5.74) is 2.55. The largest absolute Gasteiger partial charge is 0.476 e. The number of alkyl halides is 1. The van der Waals surface area contributed by atoms with E-state index in [1.165, 1.54) is 17.2 Å². The molecular weight excluding hydrogens is 490 g/mol. The topological polar surface area (TPSA) is 250 Å². The molecule has 16 nitrogen and oxygen atoms in total. The van der Waals surface area contributed by atoms with Crippen molar-refractivity contribution < 1.29 is 56.3 Å². The smallest absolute Gasteiger partial charge is 0.390 e. The molecular formula is C11H17FN5O11P3. The molecule has 2 aromatic heterocycles. The van der Waals surface area contributed by atoms with Crippen LogP contribution in [-0.4, -0.2) is 68.7 Å². The van der Waals surface area contributed by atoms with E-state index in [1.807, 2.05) is 0 Å². The number of aliphatic hydroxyl groups is 1. The number of nitrogen functional groups attached to an aromatic ring is 1. The average Bonchev–Trinajstić information content (AvgIpc) is 3.21. The molecule has 3 rings (SSSR count). The summed E-state index contributed by atoms with van der Waals surface area (Å²) in [4.78, 5) is 47.7. The molecule has 6 atom stereocenters. The number of aliphatic hydroxyl groups excluding tert-OH is 1. The number of imidazole rings is 1. The molecule has 20 heteroatoms. The third-order valence-corrected chi connectivity index (χ3v) is 9.22. The first-order valence-electron chi connectivity index (χ1n) is 8.18. The molecule has 31 heavy (non-hydrogen) atoms. The van der Waals surface area contributed by atoms with Gasteiger partial charge in [-0.05, 0) is 0 Å². The van der Waals surface area contributed by atoms with Gasteiger partial charge in [-0.15, -0.1) is 0 Å². The summed E-state index contributed by atoms with van der Waals surface area (Å²) < 4.78 is 62.8. The second-order valence-corrected chi connectivity index (χ2v) is 11.8. The van der Waals surface area contributed by atoms with Crippen LogP contribution < -0.4 is 5.73 Å². The van der Waals surface area contributed by atoms with Crippen molar-refractivity contribution in [2.24, 2.45) is 0 Å². The number of anilines is 1. The van der Waals surface area contributed by atoms with Crippen molar-refractivity contribution >= 4 is 40.0 Å². The fraction of sp³-hybridized carbons (Fsp3) is 0.545. The van der Waals surface area contributed by atoms with Crippen LogP contribution >= 0.6 is 23.0 Å². The summed E-state index contributed by atoms with van der Waals surface area (Å²) in [7, 11) is -17.1. The van der Waals surface area contributed by atoms with Crippen molar-refractivity contribution in [3.8, 4) is 0 Å². The molecule has 2 aromatic rings. The minimum Gasteiger partial charge on any atom is -0.390 e. The summed E-state index contributed by atoms with van der Waals surface area (Å²) in [6, 6.07) is 0. The van der Waals surface area contributed by atoms with E-state index in [-0.39, 0.29) is 23.4 Å². The molecule has 1 aliphatic rings. The quantitative estimate of drug-likeness (QED) is 0.253. The third kappa shape index (κ3) is 5.35. The van der Waals surface area contributed by atoms with E-state index in [2.05, 4.69) is 23.8 Å². The van der Waals surface area contributed by atoms with Gasteiger partial charge in [-0.25, -0.2) is 28.2 Å². The van der Waals surface area contributed by atoms with Gasteiger partial charge in [0.2, 0.25) is 0 Å². The molecule has 7 N–H and O–H groups in total. The molecule has 1 saturated heterocycles. The summed E-state index contributed by atoms with van der Waals surface area (Å²) >= 11 is 0. The Hall–Kier alpha value is -1.35. The molecule has 0 radical (unpaired) electrons. The van der Waals surface area contributed by atoms with Crippen LogP contribution in [0, 0.1) is 0 Å². The Bertz CT molecular complexity index is 1110. The van der Waals surface area contributed by atoms with Gasteiger partial charge in [-0.1, -0.05) is 0 Å². The number of hydrogen-bond acceptors (Lipinski definition) is 11. The highest BCUT2D eigenvalue weighted by atomic mass is 31.3. The number of halogens is 1. The minimum atomic E-state index is -5.90. The first kappa shape index (κ1) is 24.3. The summed E-state index contributed by atoms with van der Waals surface area (Å²) in [5.74, 6) is 0.100. The highest BCUT2D eigenvalue weighted by Crippen LogP contribution is 2.70. The van der Waals surface area contributed by atoms with Crippen molar-refractivity contribution in [2.45, 2.75) is 30.5 Å². The number of nitrogens with zero attached hydrogens (tertiary/aromatic N) is 4. The minimum absolute atomic E-state index is 0.0576. The van der Waals surface area contributed by atoms with Crippen molar-refractivity contribution in [3.63, 3.8) is 0 Å². The number of ether oxygens (including phenoxy) is 1. The molecule has 1 fully saturated rings. The van der Waals surface area contributed by atoms with Crippen LogP contribution in [-0.2, 0) is 27.3 Å². The zero-order valence-corrected chi connectivity index (χ0v) is 17.8. The van der Waals surface area contributed by atoms with Crippen LogP contribution in [0.25, 0.3) is 11.2 Å². The fourth-order valence-electron chi connectivity index (χ4n) is 2.73. The maximum Gasteiger partial charge on any atom is 0.476 e. The Kier molecular flexibility index (Phi) is 6.69. The molecule has 174 valence electrons. The Balaban J connectivity index is 1.68. The summed E-state index contributed by atoms with van der Waals surface area (Å²) in [6.45, 7) is -0.911. The molecule has 0 amide bonds. The number of rotatable bonds is 8. The molecule has 2 unspecified atom stereocenters. The summed E-state index contributed by atoms with van der Waals surface area (Å²) in [5, 5.41) is 10.1. The van der Waals surface area contributed by atoms with Gasteiger partial charge in [0.05, 0.1) is 19.0 Å². The number of aromatic nitrogens is 4. The van der Waals surface area contributed by atoms with Crippen LogP contribution in [0.15, 0.2) is 12.7 Å². The second-order valence-electron chi connectivity index (χ2n) is 6.32. The molecule has 0 bridgehead atoms. The summed E-state index contributed by atoms with van der Waals surface area (Å²) in [6.07, 6.45) is -0.992. The van der Waals surface area contributed by atoms with Crippen LogP contribution in [0.2, 0.25) is 0 Å². The predicted molar refractivity (Wildman–Crippen MR) is 97.9 cm³/mol. The Labute approximate surface area is 172 Å². The standard InChI is InChI=1S/C11H17FN5O11P3/c12-11(30(21,22)28-31(23,24)25)29(19,20)26-2-6-5(18)1-7(27-6)17-4-16-8-9(13)14-3-15-10(8)17/h3-7,11,18H,1-2H2,(H,19,20)(H,21,22)(H2,13,14,15)(H2,23,24,25)/t5-,6+,7+,11-/m0/s1. The van der Waals surface area contributed by atoms with E-state index in [4.69, 9.17) is 20.3 Å². The molecule has 0 aromatic carbocycles. The number of fused-ring (bicyclic) bond motifs is 1. The van der Waals surface area contributed by atoms with Gasteiger partial charge in [-0.3, -0.25) is 13.7 Å². The fourth-order valence-corrected chi connectivity index (χ4v) is 6.80. The van der Waals surface area contributed by atoms with Gasteiger partial charge >= 0.3 is 28.7 Å². The molecule has 0 spiro atoms. The maximum atomic E-state index is 14.0. The molecule has 3 heterocycles. The lowest BCUT2D eigenvalue weighted by Gasteiger charge is -2.22. The van der Waals surface area contributed by atoms with Crippen LogP contribution in [0.4, 0.5) is 10.2 Å². The molecule has 0 saturated carbocycles. The van der Waals surface area contributed by atoms with Gasteiger partial charge in [0.15, 0.2) is 11.5 Å². The third-order valence-electron chi connectivity index (χ3n) is 4.09. The lowest BCUT2D eigenvalue weighted by Crippen LogP contribution is -2.26. The van der Waals surface area contributed by atoms with Crippen LogP contribution in [0.5, 0.6) is 0 Å². The first-order valence-corrected chi connectivity index (χ1v) is 13.0. The van der Waals surface area contributed by atoms with Crippen molar-refractivity contribution in [3.05, 3.63) is 12.7 Å². The van der Waals surface area contributed by atoms with Gasteiger partial charge < -0.3 is 39.7 Å². The number of phosphoric acid groups is 1. The lowest BCUT2D eigenvalue weighted by molar-refractivity contribution is -0.0402. The van der Waals surface area contributed by atoms with Crippen LogP contribution in [0.3, 0.4) is 0 Å². The Morgan fingerprint density at radius 3 is 2.55 bits per heavy atom. The zero-order chi connectivity index (χ0) is 23.2. The first-order chi connectivity index (χ1) is 14.2. The SMILES string of the molecule is Nc1ncnc2c1ncn2[C@H]1C[C@H](O)[C@@H](COP(=O)(O)[C@H](F)P(=O)(O)OP(=O)(O)O)O1. The average molecular weight is 507 g/mol. The predicted octanol–water partition coefficient (Wildman–Crippen LogP) is -0.193. The van der Waals surface area contributed by atoms with E-state index < -0.39 is 53.7 Å². The molecule has 0 aliphatic carbocycles. The maximum absolute atomic E-state index is 14.0. The lowest BCUT2D eigenvalue weighted by atomic mass is 10.2. The van der Waals surface area contributed by atoms with E-state index >= 15 is 0 Å². The molecule has 1 aliphatic heterocycles. The Morgan fingerprint density at radius 2 is 1.90 bits per heavy atom. The van der Waals surface area contributed by atoms with Crippen LogP contribution in [0.1, 0.15) is 12.6 Å². The number of nitrogens with two attached hydrogens (primary N) is 1. The van der Waals surface area contributed by atoms with E-state index in [9.17, 15) is 33.0 Å². The van der Waals surface area contributed by atoms with Crippen molar-refractivity contribution in [2.75, 3.05) is 12.3 Å². The van der Waals surface area contributed by atoms with Crippen molar-refractivity contribution in [1.29, 1.82) is 0 Å². The van der Waals surface area contributed by atoms with E-state index in [0.29, 0.717) is 0 Å². The van der Waals surface area contributed by atoms with Gasteiger partial charge in [-0.2, -0.15) is 0 Å². The van der Waals surface area contributed by atoms with Crippen molar-refractivity contribution in [1.82, 2.24) is 19.5 Å². The number of hydrogen-bond donors (Lipinski definition) is 6. The second kappa shape index (κ2) is 8.54. The highest BCUT2D eigenvalue weighted by Gasteiger charge is 2.52. The zero-order valence-electron chi connectivity index (χ0n) is 15.1. The highest BCUT2D eigenvalue weighted by molar-refractivity contribution is 7.74. The normalized spacial score (nSPS) is 27.1. The van der Waals surface area contributed by atoms with Gasteiger partial charge in [0.1, 0.15) is 24.2 Å². The Morgan fingerprint density at radius 1 is 1.23 bits per heavy atom.